The van der Waals surface area contributed by atoms with Crippen LogP contribution in [0.2, 0.25) is 0 Å². The van der Waals surface area contributed by atoms with Crippen LogP contribution >= 0.6 is 0 Å². The molecule has 0 radical (unpaired) electrons. The van der Waals surface area contributed by atoms with E-state index in [-0.39, 0.29) is 70.2 Å². The summed E-state index contributed by atoms with van der Waals surface area (Å²) in [5.41, 5.74) is 0.0919. The average Bonchev–Trinajstić information content (AvgIpc) is 2.03. The Bertz CT molecular complexity index is 352. The van der Waals surface area contributed by atoms with Crippen molar-refractivity contribution < 1.29 is 78.9 Å². The van der Waals surface area contributed by atoms with Gasteiger partial charge in [-0.25, -0.2) is 0 Å². The van der Waals surface area contributed by atoms with E-state index in [0.717, 1.165) is 0 Å². The number of hydrogen-bond donors (Lipinski definition) is 0. The molecule has 1 rings (SSSR count). The summed E-state index contributed by atoms with van der Waals surface area (Å²) in [5.74, 6) is -2.69. The Balaban J connectivity index is 0. The fourth-order valence-electron chi connectivity index (χ4n) is 1.03. The standard InChI is InChI=1S/C9H8O4.2Na/c10-8(11)5-6-3-1-2-4-7(6)9(12)13;;/h1-4H,5H2,(H,10,11)(H,12,13);;/q;2*+1/p-2. The number of carboxylic acid groups (broad SMARTS) is 2. The fraction of sp³-hybridized carbons (Fsp3) is 0.111. The molecule has 1 aromatic carbocycles. The molecule has 1 aromatic rings. The van der Waals surface area contributed by atoms with Gasteiger partial charge >= 0.3 is 59.1 Å². The van der Waals surface area contributed by atoms with Crippen LogP contribution in [-0.4, -0.2) is 11.9 Å². The predicted molar refractivity (Wildman–Crippen MR) is 39.5 cm³/mol. The molecule has 4 nitrogen and oxygen atoms in total. The van der Waals surface area contributed by atoms with Crippen LogP contribution in [0.5, 0.6) is 0 Å². The number of carbonyl (C=O) groups excluding carboxylic acids is 2. The Morgan fingerprint density at radius 1 is 1.07 bits per heavy atom. The van der Waals surface area contributed by atoms with Gasteiger partial charge in [0.15, 0.2) is 0 Å². The minimum absolute atomic E-state index is 0. The van der Waals surface area contributed by atoms with E-state index >= 15 is 0 Å². The van der Waals surface area contributed by atoms with E-state index in [0.29, 0.717) is 0 Å². The summed E-state index contributed by atoms with van der Waals surface area (Å²) in [7, 11) is 0. The van der Waals surface area contributed by atoms with Gasteiger partial charge in [0.2, 0.25) is 0 Å². The molecule has 68 valence electrons. The molecule has 0 aromatic heterocycles. The minimum atomic E-state index is -1.38. The van der Waals surface area contributed by atoms with Gasteiger partial charge in [0.1, 0.15) is 0 Å². The van der Waals surface area contributed by atoms with E-state index < -0.39 is 18.4 Å². The molecule has 0 saturated heterocycles. The van der Waals surface area contributed by atoms with Crippen LogP contribution in [0, 0.1) is 0 Å². The molecule has 0 bridgehead atoms. The van der Waals surface area contributed by atoms with Crippen molar-refractivity contribution in [2.45, 2.75) is 6.42 Å². The van der Waals surface area contributed by atoms with Crippen molar-refractivity contribution in [2.75, 3.05) is 0 Å². The molecular formula is C9H6Na2O4. The maximum atomic E-state index is 10.5. The Hall–Kier alpha value is 0.160. The zero-order valence-corrected chi connectivity index (χ0v) is 12.6. The number of aliphatic carboxylic acids is 1. The molecule has 15 heavy (non-hydrogen) atoms. The van der Waals surface area contributed by atoms with E-state index in [4.69, 9.17) is 0 Å². The Morgan fingerprint density at radius 3 is 2.07 bits per heavy atom. The summed E-state index contributed by atoms with van der Waals surface area (Å²) in [4.78, 5) is 20.7. The van der Waals surface area contributed by atoms with Gasteiger partial charge in [-0.1, -0.05) is 24.3 Å². The van der Waals surface area contributed by atoms with E-state index in [9.17, 15) is 19.8 Å². The van der Waals surface area contributed by atoms with E-state index in [2.05, 4.69) is 0 Å². The van der Waals surface area contributed by atoms with Crippen LogP contribution in [0.3, 0.4) is 0 Å². The van der Waals surface area contributed by atoms with E-state index in [1.54, 1.807) is 6.07 Å². The summed E-state index contributed by atoms with van der Waals surface area (Å²) >= 11 is 0. The van der Waals surface area contributed by atoms with Gasteiger partial charge in [-0.3, -0.25) is 0 Å². The molecule has 0 aliphatic carbocycles. The third-order valence-electron chi connectivity index (χ3n) is 1.57. The number of aromatic carboxylic acids is 1. The second-order valence-electron chi connectivity index (χ2n) is 2.49. The van der Waals surface area contributed by atoms with Crippen LogP contribution < -0.4 is 69.3 Å². The molecule has 0 unspecified atom stereocenters. The van der Waals surface area contributed by atoms with Gasteiger partial charge in [0.05, 0.1) is 5.97 Å². The predicted octanol–water partition coefficient (Wildman–Crippen LogP) is -7.65. The topological polar surface area (TPSA) is 80.3 Å². The van der Waals surface area contributed by atoms with Crippen molar-refractivity contribution in [2.24, 2.45) is 0 Å². The SMILES string of the molecule is O=C([O-])Cc1ccccc1C(=O)[O-].[Na+].[Na+]. The maximum Gasteiger partial charge on any atom is 1.00 e. The van der Waals surface area contributed by atoms with Crippen LogP contribution in [-0.2, 0) is 11.2 Å². The summed E-state index contributed by atoms with van der Waals surface area (Å²) in [6, 6.07) is 5.78. The Kier molecular flexibility index (Phi) is 9.74. The quantitative estimate of drug-likeness (QED) is 0.478. The molecule has 0 amide bonds. The molecule has 0 aliphatic rings. The third-order valence-corrected chi connectivity index (χ3v) is 1.57. The molecule has 0 aliphatic heterocycles. The van der Waals surface area contributed by atoms with Crippen molar-refractivity contribution in [1.82, 2.24) is 0 Å². The van der Waals surface area contributed by atoms with E-state index in [1.165, 1.54) is 18.2 Å². The van der Waals surface area contributed by atoms with Crippen molar-refractivity contribution >= 4 is 11.9 Å². The third kappa shape index (κ3) is 5.70. The van der Waals surface area contributed by atoms with Crippen LogP contribution in [0.4, 0.5) is 0 Å². The van der Waals surface area contributed by atoms with Crippen molar-refractivity contribution in [3.8, 4) is 0 Å². The van der Waals surface area contributed by atoms with Crippen molar-refractivity contribution in [3.63, 3.8) is 0 Å². The molecule has 0 atom stereocenters. The summed E-state index contributed by atoms with van der Waals surface area (Å²) < 4.78 is 0. The molecular weight excluding hydrogens is 218 g/mol. The number of carboxylic acids is 2. The Morgan fingerprint density at radius 2 is 1.60 bits per heavy atom. The molecule has 0 N–H and O–H groups in total. The normalized spacial score (nSPS) is 8.27. The largest absolute Gasteiger partial charge is 1.00 e. The average molecular weight is 224 g/mol. The number of carbonyl (C=O) groups is 2. The number of rotatable bonds is 3. The van der Waals surface area contributed by atoms with Gasteiger partial charge in [-0.2, -0.15) is 0 Å². The van der Waals surface area contributed by atoms with Crippen LogP contribution in [0.1, 0.15) is 15.9 Å². The summed E-state index contributed by atoms with van der Waals surface area (Å²) in [5, 5.41) is 20.7. The molecule has 0 spiro atoms. The first-order chi connectivity index (χ1) is 6.11. The first-order valence-electron chi connectivity index (χ1n) is 3.60. The fourth-order valence-corrected chi connectivity index (χ4v) is 1.03. The van der Waals surface area contributed by atoms with Gasteiger partial charge in [0, 0.05) is 18.0 Å². The molecule has 0 saturated carbocycles. The monoisotopic (exact) mass is 224 g/mol. The van der Waals surface area contributed by atoms with Gasteiger partial charge in [-0.05, 0) is 5.56 Å². The zero-order valence-electron chi connectivity index (χ0n) is 8.65. The molecule has 6 heteroatoms. The zero-order chi connectivity index (χ0) is 9.84. The first-order valence-corrected chi connectivity index (χ1v) is 3.60. The molecule has 0 fully saturated rings. The van der Waals surface area contributed by atoms with Gasteiger partial charge in [0.25, 0.3) is 0 Å². The van der Waals surface area contributed by atoms with E-state index in [1.807, 2.05) is 0 Å². The van der Waals surface area contributed by atoms with Gasteiger partial charge in [-0.15, -0.1) is 0 Å². The smallest absolute Gasteiger partial charge is 0.550 e. The van der Waals surface area contributed by atoms with Gasteiger partial charge < -0.3 is 19.8 Å². The number of hydrogen-bond acceptors (Lipinski definition) is 4. The minimum Gasteiger partial charge on any atom is -0.550 e. The second-order valence-corrected chi connectivity index (χ2v) is 2.49. The van der Waals surface area contributed by atoms with Crippen LogP contribution in [0.25, 0.3) is 0 Å². The Labute approximate surface area is 131 Å². The summed E-state index contributed by atoms with van der Waals surface area (Å²) in [6.07, 6.45) is -0.413. The second kappa shape index (κ2) is 8.33. The summed E-state index contributed by atoms with van der Waals surface area (Å²) in [6.45, 7) is 0. The molecule has 0 heterocycles. The van der Waals surface area contributed by atoms with Crippen molar-refractivity contribution in [1.29, 1.82) is 0 Å². The van der Waals surface area contributed by atoms with Crippen LogP contribution in [0.15, 0.2) is 24.3 Å². The first kappa shape index (κ1) is 17.6. The van der Waals surface area contributed by atoms with Crippen molar-refractivity contribution in [3.05, 3.63) is 35.4 Å². The number of benzene rings is 1. The maximum absolute atomic E-state index is 10.5.